The molecular formula is C27H27N5O2. The molecule has 2 heterocycles. The van der Waals surface area contributed by atoms with Gasteiger partial charge in [0, 0.05) is 31.0 Å². The number of benzene rings is 2. The normalized spacial score (nSPS) is 10.6. The fourth-order valence-electron chi connectivity index (χ4n) is 3.51. The van der Waals surface area contributed by atoms with E-state index in [2.05, 4.69) is 25.6 Å². The molecule has 0 saturated heterocycles. The predicted molar refractivity (Wildman–Crippen MR) is 133 cm³/mol. The number of hydrogen-bond donors (Lipinski definition) is 2. The molecule has 172 valence electrons. The Morgan fingerprint density at radius 3 is 2.65 bits per heavy atom. The standard InChI is InChI=1S/C27H27N5O2/c1-4-25-28-14-12-23(32-25)22-9-6-13-29-26(22)34-24-11-10-21(16-19(24)3)31-27(33)30-17-20-8-5-7-18(2)15-20/h5-16H,4,17H2,1-3H3,(H2,30,31,33). The predicted octanol–water partition coefficient (Wildman–Crippen LogP) is 5.83. The minimum atomic E-state index is -0.267. The van der Waals surface area contributed by atoms with E-state index in [0.717, 1.165) is 40.2 Å². The smallest absolute Gasteiger partial charge is 0.319 e. The van der Waals surface area contributed by atoms with E-state index in [1.807, 2.05) is 75.4 Å². The fraction of sp³-hybridized carbons (Fsp3) is 0.185. The third-order valence-electron chi connectivity index (χ3n) is 5.24. The molecular weight excluding hydrogens is 426 g/mol. The molecule has 0 spiro atoms. The van der Waals surface area contributed by atoms with Gasteiger partial charge in [0.25, 0.3) is 0 Å². The van der Waals surface area contributed by atoms with Gasteiger partial charge in [-0.15, -0.1) is 0 Å². The summed E-state index contributed by atoms with van der Waals surface area (Å²) in [5.41, 5.74) is 5.30. The van der Waals surface area contributed by atoms with Gasteiger partial charge in [0.15, 0.2) is 0 Å². The molecule has 2 aromatic carbocycles. The summed E-state index contributed by atoms with van der Waals surface area (Å²) in [6.07, 6.45) is 4.18. The maximum Gasteiger partial charge on any atom is 0.319 e. The van der Waals surface area contributed by atoms with Gasteiger partial charge in [-0.05, 0) is 61.4 Å². The van der Waals surface area contributed by atoms with E-state index in [1.165, 1.54) is 0 Å². The molecule has 0 atom stereocenters. The van der Waals surface area contributed by atoms with Crippen molar-refractivity contribution in [1.82, 2.24) is 20.3 Å². The number of aromatic nitrogens is 3. The van der Waals surface area contributed by atoms with Crippen molar-refractivity contribution >= 4 is 11.7 Å². The topological polar surface area (TPSA) is 89.0 Å². The lowest BCUT2D eigenvalue weighted by Gasteiger charge is -2.13. The lowest BCUT2D eigenvalue weighted by Crippen LogP contribution is -2.28. The second-order valence-electron chi connectivity index (χ2n) is 7.95. The zero-order valence-electron chi connectivity index (χ0n) is 19.5. The van der Waals surface area contributed by atoms with Gasteiger partial charge >= 0.3 is 6.03 Å². The van der Waals surface area contributed by atoms with Crippen LogP contribution in [-0.2, 0) is 13.0 Å². The fourth-order valence-corrected chi connectivity index (χ4v) is 3.51. The van der Waals surface area contributed by atoms with Crippen molar-refractivity contribution < 1.29 is 9.53 Å². The van der Waals surface area contributed by atoms with Crippen LogP contribution in [0.1, 0.15) is 29.4 Å². The summed E-state index contributed by atoms with van der Waals surface area (Å²) in [7, 11) is 0. The molecule has 0 aliphatic rings. The maximum absolute atomic E-state index is 12.3. The van der Waals surface area contributed by atoms with Crippen LogP contribution in [0.4, 0.5) is 10.5 Å². The van der Waals surface area contributed by atoms with E-state index in [0.29, 0.717) is 23.9 Å². The molecule has 4 rings (SSSR count). The number of nitrogens with zero attached hydrogens (tertiary/aromatic N) is 3. The largest absolute Gasteiger partial charge is 0.438 e. The van der Waals surface area contributed by atoms with Crippen LogP contribution in [0.2, 0.25) is 0 Å². The highest BCUT2D eigenvalue weighted by atomic mass is 16.5. The maximum atomic E-state index is 12.3. The number of rotatable bonds is 7. The molecule has 34 heavy (non-hydrogen) atoms. The van der Waals surface area contributed by atoms with E-state index in [1.54, 1.807) is 18.5 Å². The second kappa shape index (κ2) is 10.6. The third-order valence-corrected chi connectivity index (χ3v) is 5.24. The van der Waals surface area contributed by atoms with Crippen molar-refractivity contribution in [2.75, 3.05) is 5.32 Å². The summed E-state index contributed by atoms with van der Waals surface area (Å²) in [6, 6.07) is 18.9. The molecule has 0 saturated carbocycles. The zero-order valence-corrected chi connectivity index (χ0v) is 19.5. The molecule has 0 unspecified atom stereocenters. The first-order chi connectivity index (χ1) is 16.5. The number of carbonyl (C=O) groups excluding carboxylic acids is 1. The van der Waals surface area contributed by atoms with Gasteiger partial charge in [-0.25, -0.2) is 19.7 Å². The van der Waals surface area contributed by atoms with Crippen LogP contribution in [0.3, 0.4) is 0 Å². The number of nitrogens with one attached hydrogen (secondary N) is 2. The van der Waals surface area contributed by atoms with E-state index < -0.39 is 0 Å². The van der Waals surface area contributed by atoms with Crippen molar-refractivity contribution in [2.45, 2.75) is 33.7 Å². The van der Waals surface area contributed by atoms with E-state index in [9.17, 15) is 4.79 Å². The van der Waals surface area contributed by atoms with Crippen LogP contribution in [0.5, 0.6) is 11.6 Å². The summed E-state index contributed by atoms with van der Waals surface area (Å²) < 4.78 is 6.14. The molecule has 2 N–H and O–H groups in total. The highest BCUT2D eigenvalue weighted by molar-refractivity contribution is 5.89. The van der Waals surface area contributed by atoms with Gasteiger partial charge in [0.1, 0.15) is 11.6 Å². The first-order valence-corrected chi connectivity index (χ1v) is 11.2. The van der Waals surface area contributed by atoms with Gasteiger partial charge < -0.3 is 15.4 Å². The van der Waals surface area contributed by atoms with E-state index >= 15 is 0 Å². The molecule has 2 amide bonds. The minimum absolute atomic E-state index is 0.267. The van der Waals surface area contributed by atoms with Crippen LogP contribution in [0, 0.1) is 13.8 Å². The van der Waals surface area contributed by atoms with Gasteiger partial charge in [0.05, 0.1) is 11.3 Å². The summed E-state index contributed by atoms with van der Waals surface area (Å²) in [5.74, 6) is 1.87. The molecule has 4 aromatic rings. The molecule has 7 nitrogen and oxygen atoms in total. The Labute approximate surface area is 199 Å². The Morgan fingerprint density at radius 2 is 1.85 bits per heavy atom. The Morgan fingerprint density at radius 1 is 0.971 bits per heavy atom. The number of hydrogen-bond acceptors (Lipinski definition) is 5. The molecule has 0 radical (unpaired) electrons. The molecule has 0 fully saturated rings. The van der Waals surface area contributed by atoms with E-state index in [-0.39, 0.29) is 6.03 Å². The van der Waals surface area contributed by atoms with Gasteiger partial charge in [-0.1, -0.05) is 36.8 Å². The molecule has 2 aromatic heterocycles. The number of urea groups is 1. The SMILES string of the molecule is CCc1nccc(-c2cccnc2Oc2ccc(NC(=O)NCc3cccc(C)c3)cc2C)n1. The first kappa shape index (κ1) is 22.9. The highest BCUT2D eigenvalue weighted by Crippen LogP contribution is 2.32. The number of aryl methyl sites for hydroxylation is 3. The number of amides is 2. The quantitative estimate of drug-likeness (QED) is 0.367. The van der Waals surface area contributed by atoms with Crippen molar-refractivity contribution in [1.29, 1.82) is 0 Å². The van der Waals surface area contributed by atoms with Gasteiger partial charge in [-0.2, -0.15) is 0 Å². The van der Waals surface area contributed by atoms with Crippen molar-refractivity contribution in [2.24, 2.45) is 0 Å². The summed E-state index contributed by atoms with van der Waals surface area (Å²) in [6.45, 7) is 6.42. The first-order valence-electron chi connectivity index (χ1n) is 11.2. The lowest BCUT2D eigenvalue weighted by atomic mass is 10.1. The Bertz CT molecular complexity index is 1310. The summed E-state index contributed by atoms with van der Waals surface area (Å²) in [4.78, 5) is 25.6. The monoisotopic (exact) mass is 453 g/mol. The lowest BCUT2D eigenvalue weighted by molar-refractivity contribution is 0.251. The summed E-state index contributed by atoms with van der Waals surface area (Å²) >= 11 is 0. The number of ether oxygens (including phenoxy) is 1. The van der Waals surface area contributed by atoms with E-state index in [4.69, 9.17) is 4.74 Å². The van der Waals surface area contributed by atoms with Crippen molar-refractivity contribution in [3.63, 3.8) is 0 Å². The van der Waals surface area contributed by atoms with Crippen molar-refractivity contribution in [3.8, 4) is 22.9 Å². The molecule has 7 heteroatoms. The van der Waals surface area contributed by atoms with Gasteiger partial charge in [0.2, 0.25) is 5.88 Å². The average molecular weight is 454 g/mol. The Kier molecular flexibility index (Phi) is 7.13. The Hall–Kier alpha value is -4.26. The number of pyridine rings is 1. The second-order valence-corrected chi connectivity index (χ2v) is 7.95. The van der Waals surface area contributed by atoms with Crippen LogP contribution in [0.15, 0.2) is 73.1 Å². The van der Waals surface area contributed by atoms with Crippen molar-refractivity contribution in [3.05, 3.63) is 95.6 Å². The molecule has 0 bridgehead atoms. The van der Waals surface area contributed by atoms with Crippen LogP contribution >= 0.6 is 0 Å². The Balaban J connectivity index is 1.44. The third kappa shape index (κ3) is 5.75. The molecule has 0 aliphatic carbocycles. The van der Waals surface area contributed by atoms with Crippen LogP contribution in [-0.4, -0.2) is 21.0 Å². The number of carbonyl (C=O) groups is 1. The van der Waals surface area contributed by atoms with Crippen LogP contribution in [0.25, 0.3) is 11.3 Å². The minimum Gasteiger partial charge on any atom is -0.438 e. The molecule has 0 aliphatic heterocycles. The average Bonchev–Trinajstić information content (AvgIpc) is 2.85. The van der Waals surface area contributed by atoms with Crippen LogP contribution < -0.4 is 15.4 Å². The number of anilines is 1. The zero-order chi connectivity index (χ0) is 23.9. The summed E-state index contributed by atoms with van der Waals surface area (Å²) in [5, 5.41) is 5.75. The van der Waals surface area contributed by atoms with Gasteiger partial charge in [-0.3, -0.25) is 0 Å². The highest BCUT2D eigenvalue weighted by Gasteiger charge is 2.13.